The Morgan fingerprint density at radius 3 is 2.42 bits per heavy atom. The minimum absolute atomic E-state index is 0.177. The van der Waals surface area contributed by atoms with Gasteiger partial charge in [-0.1, -0.05) is 6.92 Å². The SMILES string of the molecule is CNCC(C)CN(C)c1ccc(C(F)(F)F)cc1F. The van der Waals surface area contributed by atoms with Gasteiger partial charge in [0.15, 0.2) is 0 Å². The number of alkyl halides is 3. The van der Waals surface area contributed by atoms with Crippen LogP contribution in [0, 0.1) is 11.7 Å². The maximum Gasteiger partial charge on any atom is 0.416 e. The number of hydrogen-bond acceptors (Lipinski definition) is 2. The first-order valence-electron chi connectivity index (χ1n) is 5.98. The molecule has 0 saturated heterocycles. The third-order valence-corrected chi connectivity index (χ3v) is 2.82. The van der Waals surface area contributed by atoms with Gasteiger partial charge in [0, 0.05) is 13.6 Å². The van der Waals surface area contributed by atoms with Crippen molar-refractivity contribution in [3.8, 4) is 0 Å². The monoisotopic (exact) mass is 278 g/mol. The Bertz CT molecular complexity index is 418. The molecule has 1 aromatic rings. The summed E-state index contributed by atoms with van der Waals surface area (Å²) in [6.07, 6.45) is -4.52. The molecule has 0 heterocycles. The topological polar surface area (TPSA) is 15.3 Å². The molecule has 0 bridgehead atoms. The number of anilines is 1. The average Bonchev–Trinajstić information content (AvgIpc) is 2.27. The first kappa shape index (κ1) is 15.8. The van der Waals surface area contributed by atoms with Crippen LogP contribution >= 0.6 is 0 Å². The smallest absolute Gasteiger partial charge is 0.372 e. The molecule has 1 atom stereocenters. The van der Waals surface area contributed by atoms with Gasteiger partial charge >= 0.3 is 6.18 Å². The minimum Gasteiger partial charge on any atom is -0.372 e. The molecule has 0 aliphatic heterocycles. The minimum atomic E-state index is -4.52. The second-order valence-electron chi connectivity index (χ2n) is 4.71. The number of rotatable bonds is 5. The van der Waals surface area contributed by atoms with E-state index in [0.29, 0.717) is 12.6 Å². The Labute approximate surface area is 110 Å². The van der Waals surface area contributed by atoms with Gasteiger partial charge in [0.25, 0.3) is 0 Å². The molecule has 108 valence electrons. The molecule has 6 heteroatoms. The Hall–Kier alpha value is -1.30. The Kier molecular flexibility index (Phi) is 5.17. The van der Waals surface area contributed by atoms with E-state index in [-0.39, 0.29) is 11.6 Å². The molecule has 0 aliphatic carbocycles. The van der Waals surface area contributed by atoms with Gasteiger partial charge in [-0.2, -0.15) is 13.2 Å². The van der Waals surface area contributed by atoms with Gasteiger partial charge in [-0.15, -0.1) is 0 Å². The maximum absolute atomic E-state index is 13.7. The van der Waals surface area contributed by atoms with E-state index in [4.69, 9.17) is 0 Å². The van der Waals surface area contributed by atoms with Crippen molar-refractivity contribution in [1.82, 2.24) is 5.32 Å². The van der Waals surface area contributed by atoms with Crippen molar-refractivity contribution in [3.63, 3.8) is 0 Å². The van der Waals surface area contributed by atoms with Crippen LogP contribution in [-0.2, 0) is 6.18 Å². The molecule has 0 spiro atoms. The lowest BCUT2D eigenvalue weighted by Crippen LogP contribution is -2.30. The van der Waals surface area contributed by atoms with Crippen molar-refractivity contribution in [2.24, 2.45) is 5.92 Å². The van der Waals surface area contributed by atoms with Crippen molar-refractivity contribution >= 4 is 5.69 Å². The number of benzene rings is 1. The molecular formula is C13H18F4N2. The molecule has 1 rings (SSSR count). The van der Waals surface area contributed by atoms with Gasteiger partial charge in [-0.25, -0.2) is 4.39 Å². The summed E-state index contributed by atoms with van der Waals surface area (Å²) >= 11 is 0. The van der Waals surface area contributed by atoms with Crippen LogP contribution in [0.4, 0.5) is 23.2 Å². The molecule has 0 aliphatic rings. The van der Waals surface area contributed by atoms with Crippen molar-refractivity contribution < 1.29 is 17.6 Å². The van der Waals surface area contributed by atoms with E-state index in [1.54, 1.807) is 11.9 Å². The summed E-state index contributed by atoms with van der Waals surface area (Å²) in [6.45, 7) is 3.30. The van der Waals surface area contributed by atoms with Gasteiger partial charge < -0.3 is 10.2 Å². The molecule has 0 saturated carbocycles. The molecule has 19 heavy (non-hydrogen) atoms. The Morgan fingerprint density at radius 1 is 1.32 bits per heavy atom. The van der Waals surface area contributed by atoms with Crippen LogP contribution < -0.4 is 10.2 Å². The predicted molar refractivity (Wildman–Crippen MR) is 67.8 cm³/mol. The fraction of sp³-hybridized carbons (Fsp3) is 0.538. The lowest BCUT2D eigenvalue weighted by molar-refractivity contribution is -0.137. The largest absolute Gasteiger partial charge is 0.416 e. The lowest BCUT2D eigenvalue weighted by atomic mass is 10.1. The van der Waals surface area contributed by atoms with Crippen molar-refractivity contribution in [1.29, 1.82) is 0 Å². The van der Waals surface area contributed by atoms with Crippen LogP contribution in [0.3, 0.4) is 0 Å². The number of nitrogens with one attached hydrogen (secondary N) is 1. The summed E-state index contributed by atoms with van der Waals surface area (Å²) < 4.78 is 51.0. The summed E-state index contributed by atoms with van der Waals surface area (Å²) in [7, 11) is 3.48. The molecule has 1 N–H and O–H groups in total. The standard InChI is InChI=1S/C13H18F4N2/c1-9(7-18-2)8-19(3)12-5-4-10(6-11(12)14)13(15,16)17/h4-6,9,18H,7-8H2,1-3H3. The third kappa shape index (κ3) is 4.38. The predicted octanol–water partition coefficient (Wildman–Crippen LogP) is 3.14. The first-order chi connectivity index (χ1) is 8.75. The highest BCUT2D eigenvalue weighted by Gasteiger charge is 2.31. The normalized spacial score (nSPS) is 13.4. The van der Waals surface area contributed by atoms with E-state index in [9.17, 15) is 17.6 Å². The molecule has 0 fully saturated rings. The fourth-order valence-corrected chi connectivity index (χ4v) is 1.97. The van der Waals surface area contributed by atoms with E-state index in [1.165, 1.54) is 6.07 Å². The van der Waals surface area contributed by atoms with Crippen molar-refractivity contribution in [3.05, 3.63) is 29.6 Å². The quantitative estimate of drug-likeness (QED) is 0.832. The van der Waals surface area contributed by atoms with E-state index < -0.39 is 17.6 Å². The third-order valence-electron chi connectivity index (χ3n) is 2.82. The van der Waals surface area contributed by atoms with E-state index in [2.05, 4.69) is 5.32 Å². The van der Waals surface area contributed by atoms with Gasteiger partial charge in [-0.3, -0.25) is 0 Å². The highest BCUT2D eigenvalue weighted by atomic mass is 19.4. The molecule has 0 radical (unpaired) electrons. The first-order valence-corrected chi connectivity index (χ1v) is 5.98. The summed E-state index contributed by atoms with van der Waals surface area (Å²) in [5, 5.41) is 3.00. The van der Waals surface area contributed by atoms with Crippen molar-refractivity contribution in [2.45, 2.75) is 13.1 Å². The highest BCUT2D eigenvalue weighted by molar-refractivity contribution is 5.49. The zero-order valence-corrected chi connectivity index (χ0v) is 11.2. The maximum atomic E-state index is 13.7. The second kappa shape index (κ2) is 6.23. The highest BCUT2D eigenvalue weighted by Crippen LogP contribution is 2.32. The number of halogens is 4. The molecular weight excluding hydrogens is 260 g/mol. The van der Waals surface area contributed by atoms with E-state index >= 15 is 0 Å². The van der Waals surface area contributed by atoms with Crippen molar-refractivity contribution in [2.75, 3.05) is 32.1 Å². The van der Waals surface area contributed by atoms with E-state index in [1.807, 2.05) is 14.0 Å². The number of hydrogen-bond donors (Lipinski definition) is 1. The van der Waals surface area contributed by atoms with Crippen LogP contribution in [0.1, 0.15) is 12.5 Å². The summed E-state index contributed by atoms with van der Waals surface area (Å²) in [6, 6.07) is 2.61. The van der Waals surface area contributed by atoms with E-state index in [0.717, 1.165) is 12.6 Å². The van der Waals surface area contributed by atoms with Crippen LogP contribution in [0.2, 0.25) is 0 Å². The van der Waals surface area contributed by atoms with Crippen LogP contribution in [-0.4, -0.2) is 27.2 Å². The van der Waals surface area contributed by atoms with Gasteiger partial charge in [0.1, 0.15) is 5.82 Å². The summed E-state index contributed by atoms with van der Waals surface area (Å²) in [4.78, 5) is 1.62. The molecule has 1 aromatic carbocycles. The Balaban J connectivity index is 2.84. The molecule has 1 unspecified atom stereocenters. The molecule has 0 amide bonds. The Morgan fingerprint density at radius 2 is 1.95 bits per heavy atom. The zero-order chi connectivity index (χ0) is 14.6. The molecule has 0 aromatic heterocycles. The van der Waals surface area contributed by atoms with Gasteiger partial charge in [0.05, 0.1) is 11.3 Å². The summed E-state index contributed by atoms with van der Waals surface area (Å²) in [5.41, 5.74) is -0.790. The fourth-order valence-electron chi connectivity index (χ4n) is 1.97. The summed E-state index contributed by atoms with van der Waals surface area (Å²) in [5.74, 6) is -0.592. The second-order valence-corrected chi connectivity index (χ2v) is 4.71. The number of nitrogens with zero attached hydrogens (tertiary/aromatic N) is 1. The molecule has 2 nitrogen and oxygen atoms in total. The lowest BCUT2D eigenvalue weighted by Gasteiger charge is -2.24. The van der Waals surface area contributed by atoms with Gasteiger partial charge in [0.2, 0.25) is 0 Å². The van der Waals surface area contributed by atoms with Gasteiger partial charge in [-0.05, 0) is 37.7 Å². The van der Waals surface area contributed by atoms with Crippen LogP contribution in [0.15, 0.2) is 18.2 Å². The van der Waals surface area contributed by atoms with Crippen LogP contribution in [0.25, 0.3) is 0 Å². The zero-order valence-electron chi connectivity index (χ0n) is 11.2. The average molecular weight is 278 g/mol. The van der Waals surface area contributed by atoms with Crippen LogP contribution in [0.5, 0.6) is 0 Å².